The maximum atomic E-state index is 5.81. The number of nitrogens with zero attached hydrogens (tertiary/aromatic N) is 1. The van der Waals surface area contributed by atoms with Crippen molar-refractivity contribution in [3.8, 4) is 5.75 Å². The number of ether oxygens (including phenoxy) is 1. The van der Waals surface area contributed by atoms with Gasteiger partial charge in [0.15, 0.2) is 5.11 Å². The van der Waals surface area contributed by atoms with Crippen LogP contribution in [0.1, 0.15) is 62.1 Å². The second-order valence-corrected chi connectivity index (χ2v) is 7.74. The van der Waals surface area contributed by atoms with Crippen LogP contribution in [0.25, 0.3) is 0 Å². The lowest BCUT2D eigenvalue weighted by Crippen LogP contribution is -2.24. The molecule has 156 valence electrons. The molecular formula is C24H33N3OS. The lowest BCUT2D eigenvalue weighted by atomic mass is 10.1. The summed E-state index contributed by atoms with van der Waals surface area (Å²) in [4.78, 5) is 0. The lowest BCUT2D eigenvalue weighted by molar-refractivity contribution is 0.304. The number of thiocarbonyl (C=S) groups is 1. The van der Waals surface area contributed by atoms with Gasteiger partial charge in [-0.1, -0.05) is 56.7 Å². The summed E-state index contributed by atoms with van der Waals surface area (Å²) in [7, 11) is 0. The number of aryl methyl sites for hydroxylation is 2. The summed E-state index contributed by atoms with van der Waals surface area (Å²) in [6, 6.07) is 14.1. The zero-order valence-corrected chi connectivity index (χ0v) is 18.6. The van der Waals surface area contributed by atoms with Crippen molar-refractivity contribution in [3.63, 3.8) is 0 Å². The summed E-state index contributed by atoms with van der Waals surface area (Å²) in [6.07, 6.45) is 9.37. The molecule has 0 bridgehead atoms. The van der Waals surface area contributed by atoms with Gasteiger partial charge in [-0.25, -0.2) is 0 Å². The van der Waals surface area contributed by atoms with E-state index in [-0.39, 0.29) is 0 Å². The van der Waals surface area contributed by atoms with Crippen molar-refractivity contribution >= 4 is 29.2 Å². The number of hydrazone groups is 1. The number of rotatable bonds is 11. The third kappa shape index (κ3) is 9.09. The van der Waals surface area contributed by atoms with Crippen LogP contribution in [0.3, 0.4) is 0 Å². The number of hydrogen-bond acceptors (Lipinski definition) is 3. The smallest absolute Gasteiger partial charge is 0.191 e. The second kappa shape index (κ2) is 12.9. The van der Waals surface area contributed by atoms with Crippen LogP contribution in [-0.2, 0) is 0 Å². The van der Waals surface area contributed by atoms with Gasteiger partial charge in [0.1, 0.15) is 5.75 Å². The minimum atomic E-state index is 0.465. The first-order chi connectivity index (χ1) is 14.1. The molecule has 0 atom stereocenters. The van der Waals surface area contributed by atoms with Gasteiger partial charge in [0.25, 0.3) is 0 Å². The molecule has 5 heteroatoms. The molecule has 0 aliphatic carbocycles. The van der Waals surface area contributed by atoms with E-state index in [0.717, 1.165) is 35.6 Å². The van der Waals surface area contributed by atoms with Crippen molar-refractivity contribution in [1.29, 1.82) is 0 Å². The average molecular weight is 412 g/mol. The highest BCUT2D eigenvalue weighted by Crippen LogP contribution is 2.16. The van der Waals surface area contributed by atoms with Crippen LogP contribution in [0, 0.1) is 13.8 Å². The standard InChI is InChI=1S/C24H33N3OS/c1-4-5-6-7-8-9-16-28-22-13-11-21(12-14-22)18-25-27-24(29)26-23-15-10-19(2)17-20(23)3/h10-15,17-18H,4-9,16H2,1-3H3,(H2,26,27,29). The molecule has 0 aliphatic rings. The molecule has 29 heavy (non-hydrogen) atoms. The Kier molecular flexibility index (Phi) is 10.2. The predicted molar refractivity (Wildman–Crippen MR) is 128 cm³/mol. The quantitative estimate of drug-likeness (QED) is 0.195. The number of nitrogens with one attached hydrogen (secondary N) is 2. The fraction of sp³-hybridized carbons (Fsp3) is 0.417. The van der Waals surface area contributed by atoms with Gasteiger partial charge in [0, 0.05) is 5.69 Å². The monoisotopic (exact) mass is 411 g/mol. The zero-order valence-electron chi connectivity index (χ0n) is 17.8. The van der Waals surface area contributed by atoms with E-state index < -0.39 is 0 Å². The summed E-state index contributed by atoms with van der Waals surface area (Å²) in [5.74, 6) is 0.899. The van der Waals surface area contributed by atoms with Gasteiger partial charge < -0.3 is 10.1 Å². The molecule has 4 nitrogen and oxygen atoms in total. The van der Waals surface area contributed by atoms with E-state index in [0.29, 0.717) is 5.11 Å². The number of unbranched alkanes of at least 4 members (excludes halogenated alkanes) is 5. The summed E-state index contributed by atoms with van der Waals surface area (Å²) in [6.45, 7) is 7.14. The van der Waals surface area contributed by atoms with Crippen molar-refractivity contribution < 1.29 is 4.74 Å². The van der Waals surface area contributed by atoms with Crippen molar-refractivity contribution in [1.82, 2.24) is 5.43 Å². The fourth-order valence-corrected chi connectivity index (χ4v) is 3.15. The molecule has 0 aliphatic heterocycles. The first-order valence-corrected chi connectivity index (χ1v) is 10.9. The highest BCUT2D eigenvalue weighted by molar-refractivity contribution is 7.80. The Morgan fingerprint density at radius 3 is 2.45 bits per heavy atom. The molecule has 2 aromatic carbocycles. The summed E-state index contributed by atoms with van der Waals surface area (Å²) < 4.78 is 5.81. The molecule has 2 rings (SSSR count). The van der Waals surface area contributed by atoms with Gasteiger partial charge in [-0.05, 0) is 73.9 Å². The van der Waals surface area contributed by atoms with Crippen LogP contribution in [0.15, 0.2) is 47.6 Å². The van der Waals surface area contributed by atoms with E-state index >= 15 is 0 Å². The minimum absolute atomic E-state index is 0.465. The molecule has 0 radical (unpaired) electrons. The summed E-state index contributed by atoms with van der Waals surface area (Å²) in [5, 5.41) is 7.83. The van der Waals surface area contributed by atoms with Crippen LogP contribution < -0.4 is 15.5 Å². The van der Waals surface area contributed by atoms with Gasteiger partial charge >= 0.3 is 0 Å². The first kappa shape index (κ1) is 22.9. The molecule has 0 saturated heterocycles. The number of hydrogen-bond donors (Lipinski definition) is 2. The molecule has 2 N–H and O–H groups in total. The molecular weight excluding hydrogens is 378 g/mol. The molecule has 0 amide bonds. The normalized spacial score (nSPS) is 10.9. The molecule has 0 fully saturated rings. The topological polar surface area (TPSA) is 45.6 Å². The van der Waals surface area contributed by atoms with E-state index in [4.69, 9.17) is 17.0 Å². The Balaban J connectivity index is 1.69. The Morgan fingerprint density at radius 1 is 1.00 bits per heavy atom. The van der Waals surface area contributed by atoms with Crippen LogP contribution in [0.5, 0.6) is 5.75 Å². The van der Waals surface area contributed by atoms with Crippen molar-refractivity contribution in [2.75, 3.05) is 11.9 Å². The van der Waals surface area contributed by atoms with Crippen molar-refractivity contribution in [2.45, 2.75) is 59.3 Å². The van der Waals surface area contributed by atoms with E-state index in [9.17, 15) is 0 Å². The number of anilines is 1. The minimum Gasteiger partial charge on any atom is -0.494 e. The third-order valence-corrected chi connectivity index (χ3v) is 4.85. The highest BCUT2D eigenvalue weighted by atomic mass is 32.1. The van der Waals surface area contributed by atoms with Crippen LogP contribution in [0.4, 0.5) is 5.69 Å². The van der Waals surface area contributed by atoms with E-state index in [2.05, 4.69) is 48.7 Å². The van der Waals surface area contributed by atoms with E-state index in [1.165, 1.54) is 37.7 Å². The van der Waals surface area contributed by atoms with Crippen LogP contribution >= 0.6 is 12.2 Å². The molecule has 0 heterocycles. The van der Waals surface area contributed by atoms with Crippen LogP contribution in [0.2, 0.25) is 0 Å². The molecule has 0 saturated carbocycles. The first-order valence-electron chi connectivity index (χ1n) is 10.5. The SMILES string of the molecule is CCCCCCCCOc1ccc(C=NNC(=S)Nc2ccc(C)cc2C)cc1. The van der Waals surface area contributed by atoms with Gasteiger partial charge in [0.05, 0.1) is 12.8 Å². The van der Waals surface area contributed by atoms with E-state index in [1.54, 1.807) is 6.21 Å². The largest absolute Gasteiger partial charge is 0.494 e. The zero-order chi connectivity index (χ0) is 20.9. The van der Waals surface area contributed by atoms with Gasteiger partial charge in [0.2, 0.25) is 0 Å². The Bertz CT molecular complexity index is 787. The number of benzene rings is 2. The van der Waals surface area contributed by atoms with Crippen molar-refractivity contribution in [2.24, 2.45) is 5.10 Å². The highest BCUT2D eigenvalue weighted by Gasteiger charge is 2.00. The van der Waals surface area contributed by atoms with Gasteiger partial charge in [-0.2, -0.15) is 5.10 Å². The molecule has 0 spiro atoms. The maximum Gasteiger partial charge on any atom is 0.191 e. The average Bonchev–Trinajstić information content (AvgIpc) is 2.70. The Labute approximate surface area is 180 Å². The Hall–Kier alpha value is -2.40. The lowest BCUT2D eigenvalue weighted by Gasteiger charge is -2.10. The fourth-order valence-electron chi connectivity index (χ4n) is 2.99. The van der Waals surface area contributed by atoms with Gasteiger partial charge in [-0.15, -0.1) is 0 Å². The molecule has 2 aromatic rings. The van der Waals surface area contributed by atoms with E-state index in [1.807, 2.05) is 30.3 Å². The predicted octanol–water partition coefficient (Wildman–Crippen LogP) is 6.36. The Morgan fingerprint density at radius 2 is 1.72 bits per heavy atom. The molecule has 0 aromatic heterocycles. The molecule has 0 unspecified atom stereocenters. The van der Waals surface area contributed by atoms with Crippen LogP contribution in [-0.4, -0.2) is 17.9 Å². The third-order valence-electron chi connectivity index (χ3n) is 4.66. The second-order valence-electron chi connectivity index (χ2n) is 7.33. The summed E-state index contributed by atoms with van der Waals surface area (Å²) in [5.41, 5.74) is 7.20. The maximum absolute atomic E-state index is 5.81. The van der Waals surface area contributed by atoms with Gasteiger partial charge in [-0.3, -0.25) is 5.43 Å². The van der Waals surface area contributed by atoms with Crippen molar-refractivity contribution in [3.05, 3.63) is 59.2 Å². The summed E-state index contributed by atoms with van der Waals surface area (Å²) >= 11 is 5.30.